The lowest BCUT2D eigenvalue weighted by Gasteiger charge is -2.36. The van der Waals surface area contributed by atoms with Crippen molar-refractivity contribution < 1.29 is 14.6 Å². The van der Waals surface area contributed by atoms with Crippen LogP contribution in [0.2, 0.25) is 0 Å². The zero-order chi connectivity index (χ0) is 17.8. The number of hydrogen-bond donors (Lipinski definition) is 1. The topological polar surface area (TPSA) is 53.0 Å². The predicted octanol–water partition coefficient (Wildman–Crippen LogP) is 2.74. The normalized spacial score (nSPS) is 14.5. The standard InChI is InChI=1S/C20H24N2O3/c1-15-11-16(2)13-19(12-15)25-14-20(24)22-9-7-21(8-10-22)17-3-5-18(23)6-4-17/h3-6,11-13,23H,7-10,14H2,1-2H3. The van der Waals surface area contributed by atoms with Crippen molar-refractivity contribution in [2.45, 2.75) is 13.8 Å². The van der Waals surface area contributed by atoms with E-state index < -0.39 is 0 Å². The van der Waals surface area contributed by atoms with Crippen molar-refractivity contribution in [1.82, 2.24) is 4.90 Å². The molecule has 1 amide bonds. The first-order chi connectivity index (χ1) is 12.0. The lowest BCUT2D eigenvalue weighted by molar-refractivity contribution is -0.133. The van der Waals surface area contributed by atoms with Crippen molar-refractivity contribution in [3.63, 3.8) is 0 Å². The third-order valence-corrected chi connectivity index (χ3v) is 4.40. The van der Waals surface area contributed by atoms with Crippen molar-refractivity contribution in [3.05, 3.63) is 53.6 Å². The molecule has 0 spiro atoms. The monoisotopic (exact) mass is 340 g/mol. The number of benzene rings is 2. The number of anilines is 1. The summed E-state index contributed by atoms with van der Waals surface area (Å²) in [5.74, 6) is 1.03. The number of amides is 1. The highest BCUT2D eigenvalue weighted by molar-refractivity contribution is 5.78. The van der Waals surface area contributed by atoms with Crippen LogP contribution in [0.15, 0.2) is 42.5 Å². The number of aromatic hydroxyl groups is 1. The van der Waals surface area contributed by atoms with Crippen LogP contribution in [0.1, 0.15) is 11.1 Å². The molecule has 132 valence electrons. The lowest BCUT2D eigenvalue weighted by Crippen LogP contribution is -2.50. The SMILES string of the molecule is Cc1cc(C)cc(OCC(=O)N2CCN(c3ccc(O)cc3)CC2)c1. The largest absolute Gasteiger partial charge is 0.508 e. The van der Waals surface area contributed by atoms with Crippen LogP contribution in [0, 0.1) is 13.8 Å². The van der Waals surface area contributed by atoms with Gasteiger partial charge >= 0.3 is 0 Å². The molecule has 1 N–H and O–H groups in total. The molecule has 0 aliphatic carbocycles. The lowest BCUT2D eigenvalue weighted by atomic mass is 10.1. The summed E-state index contributed by atoms with van der Waals surface area (Å²) in [7, 11) is 0. The Morgan fingerprint density at radius 3 is 2.20 bits per heavy atom. The molecule has 5 nitrogen and oxygen atoms in total. The number of ether oxygens (including phenoxy) is 1. The molecular formula is C20H24N2O3. The molecule has 0 bridgehead atoms. The van der Waals surface area contributed by atoms with Gasteiger partial charge in [-0.3, -0.25) is 4.79 Å². The molecule has 1 heterocycles. The summed E-state index contributed by atoms with van der Waals surface area (Å²) in [6.45, 7) is 7.02. The Morgan fingerprint density at radius 1 is 1.00 bits per heavy atom. The van der Waals surface area contributed by atoms with E-state index in [2.05, 4.69) is 11.0 Å². The van der Waals surface area contributed by atoms with Crippen LogP contribution in [-0.2, 0) is 4.79 Å². The van der Waals surface area contributed by atoms with Gasteiger partial charge in [0.1, 0.15) is 11.5 Å². The van der Waals surface area contributed by atoms with Crippen LogP contribution in [0.4, 0.5) is 5.69 Å². The van der Waals surface area contributed by atoms with Crippen LogP contribution in [-0.4, -0.2) is 48.7 Å². The van der Waals surface area contributed by atoms with Gasteiger partial charge < -0.3 is 19.6 Å². The fraction of sp³-hybridized carbons (Fsp3) is 0.350. The first-order valence-corrected chi connectivity index (χ1v) is 8.54. The number of phenolic OH excluding ortho intramolecular Hbond substituents is 1. The Balaban J connectivity index is 1.50. The Kier molecular flexibility index (Phi) is 5.12. The fourth-order valence-electron chi connectivity index (χ4n) is 3.13. The van der Waals surface area contributed by atoms with E-state index >= 15 is 0 Å². The smallest absolute Gasteiger partial charge is 0.260 e. The Bertz CT molecular complexity index is 715. The van der Waals surface area contributed by atoms with Gasteiger partial charge in [0.05, 0.1) is 0 Å². The van der Waals surface area contributed by atoms with E-state index in [4.69, 9.17) is 4.74 Å². The maximum absolute atomic E-state index is 12.4. The van der Waals surface area contributed by atoms with E-state index in [-0.39, 0.29) is 18.3 Å². The number of phenols is 1. The first-order valence-electron chi connectivity index (χ1n) is 8.54. The summed E-state index contributed by atoms with van der Waals surface area (Å²) < 4.78 is 5.67. The van der Waals surface area contributed by atoms with E-state index in [1.165, 1.54) is 0 Å². The van der Waals surface area contributed by atoms with Crippen LogP contribution >= 0.6 is 0 Å². The number of hydrogen-bond acceptors (Lipinski definition) is 4. The molecule has 1 aliphatic heterocycles. The highest BCUT2D eigenvalue weighted by Crippen LogP contribution is 2.20. The van der Waals surface area contributed by atoms with Crippen LogP contribution in [0.3, 0.4) is 0 Å². The average molecular weight is 340 g/mol. The number of rotatable bonds is 4. The second-order valence-electron chi connectivity index (χ2n) is 6.50. The first kappa shape index (κ1) is 17.1. The molecule has 0 atom stereocenters. The predicted molar refractivity (Wildman–Crippen MR) is 98.3 cm³/mol. The van der Waals surface area contributed by atoms with Crippen molar-refractivity contribution >= 4 is 11.6 Å². The van der Waals surface area contributed by atoms with Gasteiger partial charge in [0.2, 0.25) is 0 Å². The highest BCUT2D eigenvalue weighted by atomic mass is 16.5. The van der Waals surface area contributed by atoms with E-state index in [0.29, 0.717) is 13.1 Å². The average Bonchev–Trinajstić information content (AvgIpc) is 2.60. The van der Waals surface area contributed by atoms with Crippen molar-refractivity contribution in [3.8, 4) is 11.5 Å². The second-order valence-corrected chi connectivity index (χ2v) is 6.50. The van der Waals surface area contributed by atoms with Crippen LogP contribution in [0.5, 0.6) is 11.5 Å². The number of piperazine rings is 1. The van der Waals surface area contributed by atoms with Crippen molar-refractivity contribution in [2.75, 3.05) is 37.7 Å². The van der Waals surface area contributed by atoms with Gasteiger partial charge in [-0.1, -0.05) is 6.07 Å². The van der Waals surface area contributed by atoms with Crippen LogP contribution in [0.25, 0.3) is 0 Å². The Morgan fingerprint density at radius 2 is 1.60 bits per heavy atom. The molecule has 0 aromatic heterocycles. The summed E-state index contributed by atoms with van der Waals surface area (Å²) >= 11 is 0. The molecule has 0 radical (unpaired) electrons. The minimum atomic E-state index is 0.0181. The fourth-order valence-corrected chi connectivity index (χ4v) is 3.13. The Labute approximate surface area is 148 Å². The molecule has 0 saturated carbocycles. The third kappa shape index (κ3) is 4.44. The molecule has 1 saturated heterocycles. The summed E-state index contributed by atoms with van der Waals surface area (Å²) in [5, 5.41) is 9.37. The minimum absolute atomic E-state index is 0.0181. The van der Waals surface area contributed by atoms with Gasteiger partial charge in [-0.2, -0.15) is 0 Å². The van der Waals surface area contributed by atoms with Gasteiger partial charge in [0.15, 0.2) is 6.61 Å². The van der Waals surface area contributed by atoms with E-state index in [1.807, 2.05) is 43.0 Å². The number of aryl methyl sites for hydroxylation is 2. The summed E-state index contributed by atoms with van der Waals surface area (Å²) in [6, 6.07) is 13.1. The summed E-state index contributed by atoms with van der Waals surface area (Å²) in [5.41, 5.74) is 3.33. The number of nitrogens with zero attached hydrogens (tertiary/aromatic N) is 2. The maximum Gasteiger partial charge on any atom is 0.260 e. The zero-order valence-corrected chi connectivity index (χ0v) is 14.7. The van der Waals surface area contributed by atoms with Gasteiger partial charge in [-0.25, -0.2) is 0 Å². The minimum Gasteiger partial charge on any atom is -0.508 e. The van der Waals surface area contributed by atoms with E-state index in [9.17, 15) is 9.90 Å². The van der Waals surface area contributed by atoms with Crippen molar-refractivity contribution in [1.29, 1.82) is 0 Å². The van der Waals surface area contributed by atoms with Gasteiger partial charge in [0.25, 0.3) is 5.91 Å². The summed E-state index contributed by atoms with van der Waals surface area (Å²) in [6.07, 6.45) is 0. The van der Waals surface area contributed by atoms with E-state index in [1.54, 1.807) is 12.1 Å². The second kappa shape index (κ2) is 7.47. The quantitative estimate of drug-likeness (QED) is 0.930. The molecule has 1 fully saturated rings. The van der Waals surface area contributed by atoms with Crippen LogP contribution < -0.4 is 9.64 Å². The number of carbonyl (C=O) groups is 1. The molecule has 25 heavy (non-hydrogen) atoms. The number of carbonyl (C=O) groups excluding carboxylic acids is 1. The van der Waals surface area contributed by atoms with E-state index in [0.717, 1.165) is 35.7 Å². The molecule has 5 heteroatoms. The molecule has 0 unspecified atom stereocenters. The molecule has 2 aromatic rings. The Hall–Kier alpha value is -2.69. The van der Waals surface area contributed by atoms with Gasteiger partial charge in [-0.05, 0) is 61.4 Å². The third-order valence-electron chi connectivity index (χ3n) is 4.40. The van der Waals surface area contributed by atoms with Gasteiger partial charge in [-0.15, -0.1) is 0 Å². The maximum atomic E-state index is 12.4. The highest BCUT2D eigenvalue weighted by Gasteiger charge is 2.21. The molecular weight excluding hydrogens is 316 g/mol. The van der Waals surface area contributed by atoms with Gasteiger partial charge in [0, 0.05) is 31.9 Å². The molecule has 2 aromatic carbocycles. The van der Waals surface area contributed by atoms with Crippen molar-refractivity contribution in [2.24, 2.45) is 0 Å². The molecule has 3 rings (SSSR count). The zero-order valence-electron chi connectivity index (χ0n) is 14.7. The molecule has 1 aliphatic rings. The summed E-state index contributed by atoms with van der Waals surface area (Å²) in [4.78, 5) is 16.4.